The number of alkyl carbamates (subject to hydrolysis) is 1. The van der Waals surface area contributed by atoms with Gasteiger partial charge in [0.15, 0.2) is 14.6 Å². The third-order valence-electron chi connectivity index (χ3n) is 9.85. The molecule has 0 saturated carbocycles. The Labute approximate surface area is 343 Å². The van der Waals surface area contributed by atoms with E-state index in [4.69, 9.17) is 67.7 Å². The molecule has 1 N–H and O–H groups in total. The second-order valence-corrected chi connectivity index (χ2v) is 22.6. The lowest BCUT2D eigenvalue weighted by Gasteiger charge is -2.47. The first-order valence-corrected chi connectivity index (χ1v) is 23.1. The Kier molecular flexibility index (Phi) is 18.7. The van der Waals surface area contributed by atoms with Crippen LogP contribution < -0.4 is 5.32 Å². The van der Waals surface area contributed by atoms with Gasteiger partial charge in [-0.15, -0.1) is 0 Å². The van der Waals surface area contributed by atoms with Crippen molar-refractivity contribution in [2.75, 3.05) is 26.4 Å². The van der Waals surface area contributed by atoms with E-state index in [0.29, 0.717) is 39.6 Å². The van der Waals surface area contributed by atoms with E-state index < -0.39 is 48.9 Å². The number of hydrogen-bond donors (Lipinski definition) is 1. The maximum absolute atomic E-state index is 11.9. The standard InChI is InChI=1S/C42H58Cl3NO8Si/c1-41(2,3)55(4,5)53-30-35-36(49-27-32-19-11-8-12-20-32)37(50-28-33-21-13-9-14-22-33)38(51-29-34-23-15-10-16-24-34)39(54-35)48-26-18-7-6-17-25-46-40(47)52-31-42(43,44)45/h8-16,19-24,35-39H,6-7,17-18,25-31H2,1-5H3,(H,46,47)/t35-,36+,37+,38-,39-/m1/s1. The molecular formula is C42H58Cl3NO8Si. The topological polar surface area (TPSA) is 93.7 Å². The molecule has 1 fully saturated rings. The third kappa shape index (κ3) is 16.3. The number of rotatable bonds is 21. The highest BCUT2D eigenvalue weighted by Crippen LogP contribution is 2.38. The smallest absolute Gasteiger partial charge is 0.407 e. The lowest BCUT2D eigenvalue weighted by Crippen LogP contribution is -2.62. The molecule has 4 rings (SSSR count). The van der Waals surface area contributed by atoms with Crippen molar-refractivity contribution in [2.45, 2.75) is 119 Å². The minimum Gasteiger partial charge on any atom is -0.445 e. The molecule has 304 valence electrons. The zero-order chi connectivity index (χ0) is 39.7. The molecule has 5 atom stereocenters. The maximum atomic E-state index is 11.9. The maximum Gasteiger partial charge on any atom is 0.407 e. The number of alkyl halides is 3. The molecule has 9 nitrogen and oxygen atoms in total. The summed E-state index contributed by atoms with van der Waals surface area (Å²) in [6.45, 7) is 13.1. The van der Waals surface area contributed by atoms with Gasteiger partial charge < -0.3 is 38.2 Å². The molecule has 3 aromatic rings. The summed E-state index contributed by atoms with van der Waals surface area (Å²) in [6, 6.07) is 30.3. The van der Waals surface area contributed by atoms with Crippen LogP contribution in [-0.2, 0) is 52.7 Å². The summed E-state index contributed by atoms with van der Waals surface area (Å²) in [5.41, 5.74) is 3.11. The van der Waals surface area contributed by atoms with Crippen LogP contribution in [0.3, 0.4) is 0 Å². The van der Waals surface area contributed by atoms with Crippen LogP contribution in [0.25, 0.3) is 0 Å². The molecule has 1 saturated heterocycles. The first kappa shape index (κ1) is 45.5. The van der Waals surface area contributed by atoms with Crippen LogP contribution in [0.1, 0.15) is 63.1 Å². The van der Waals surface area contributed by atoms with Gasteiger partial charge in [0.2, 0.25) is 3.79 Å². The van der Waals surface area contributed by atoms with Gasteiger partial charge in [-0.25, -0.2) is 4.79 Å². The van der Waals surface area contributed by atoms with E-state index in [1.807, 2.05) is 91.0 Å². The van der Waals surface area contributed by atoms with Crippen LogP contribution in [0, 0.1) is 0 Å². The zero-order valence-corrected chi connectivity index (χ0v) is 36.0. The van der Waals surface area contributed by atoms with Gasteiger partial charge in [-0.3, -0.25) is 0 Å². The van der Waals surface area contributed by atoms with Crippen molar-refractivity contribution in [3.05, 3.63) is 108 Å². The van der Waals surface area contributed by atoms with Crippen molar-refractivity contribution in [3.63, 3.8) is 0 Å². The highest BCUT2D eigenvalue weighted by molar-refractivity contribution is 6.74. The van der Waals surface area contributed by atoms with E-state index in [-0.39, 0.29) is 11.6 Å². The molecule has 0 aliphatic carbocycles. The van der Waals surface area contributed by atoms with Crippen LogP contribution in [0.4, 0.5) is 4.79 Å². The SMILES string of the molecule is CC(C)(C)[Si](C)(C)OC[C@H]1O[C@@H](OCCCCCCNC(=O)OCC(Cl)(Cl)Cl)[C@H](OCc2ccccc2)[C@@H](OCc2ccccc2)[C@H]1OCc1ccccc1. The van der Waals surface area contributed by atoms with Crippen molar-refractivity contribution >= 4 is 49.2 Å². The number of unbranched alkanes of at least 4 members (excludes halogenated alkanes) is 3. The molecule has 13 heteroatoms. The predicted octanol–water partition coefficient (Wildman–Crippen LogP) is 10.2. The number of carbonyl (C=O) groups is 1. The fourth-order valence-corrected chi connectivity index (χ4v) is 6.87. The quantitative estimate of drug-likeness (QED) is 0.0644. The summed E-state index contributed by atoms with van der Waals surface area (Å²) >= 11 is 17.0. The van der Waals surface area contributed by atoms with Gasteiger partial charge in [0.25, 0.3) is 0 Å². The molecule has 0 radical (unpaired) electrons. The second kappa shape index (κ2) is 22.6. The van der Waals surface area contributed by atoms with E-state index in [1.54, 1.807) is 0 Å². The van der Waals surface area contributed by atoms with Crippen LogP contribution >= 0.6 is 34.8 Å². The molecule has 1 aliphatic rings. The summed E-state index contributed by atoms with van der Waals surface area (Å²) in [4.78, 5) is 11.9. The third-order valence-corrected chi connectivity index (χ3v) is 14.7. The van der Waals surface area contributed by atoms with E-state index >= 15 is 0 Å². The van der Waals surface area contributed by atoms with Gasteiger partial charge >= 0.3 is 6.09 Å². The number of halogens is 3. The van der Waals surface area contributed by atoms with Gasteiger partial charge in [0.05, 0.1) is 26.4 Å². The van der Waals surface area contributed by atoms with Crippen LogP contribution in [0.5, 0.6) is 0 Å². The average Bonchev–Trinajstić information content (AvgIpc) is 3.15. The molecule has 1 heterocycles. The summed E-state index contributed by atoms with van der Waals surface area (Å²) in [6.07, 6.45) is -0.266. The Bertz CT molecular complexity index is 1510. The van der Waals surface area contributed by atoms with Crippen molar-refractivity contribution in [2.24, 2.45) is 0 Å². The van der Waals surface area contributed by atoms with Gasteiger partial charge in [-0.2, -0.15) is 0 Å². The molecule has 1 aliphatic heterocycles. The fourth-order valence-electron chi connectivity index (χ4n) is 5.69. The van der Waals surface area contributed by atoms with Gasteiger partial charge in [-0.1, -0.05) is 159 Å². The van der Waals surface area contributed by atoms with E-state index in [0.717, 1.165) is 42.4 Å². The van der Waals surface area contributed by atoms with Crippen LogP contribution in [0.15, 0.2) is 91.0 Å². The molecule has 1 amide bonds. The Hall–Kier alpha value is -2.22. The first-order valence-electron chi connectivity index (χ1n) is 19.1. The highest BCUT2D eigenvalue weighted by atomic mass is 35.6. The molecular weight excluding hydrogens is 781 g/mol. The van der Waals surface area contributed by atoms with Crippen LogP contribution in [-0.4, -0.2) is 75.3 Å². The van der Waals surface area contributed by atoms with E-state index in [2.05, 4.69) is 39.2 Å². The lowest BCUT2D eigenvalue weighted by atomic mass is 9.98. The molecule has 0 unspecified atom stereocenters. The largest absolute Gasteiger partial charge is 0.445 e. The van der Waals surface area contributed by atoms with Crippen molar-refractivity contribution in [1.29, 1.82) is 0 Å². The molecule has 0 bridgehead atoms. The minimum absolute atomic E-state index is 0.00278. The normalized spacial score (nSPS) is 20.6. The molecule has 0 aromatic heterocycles. The minimum atomic E-state index is -2.16. The molecule has 0 spiro atoms. The molecule has 55 heavy (non-hydrogen) atoms. The fraction of sp³-hybridized carbons (Fsp3) is 0.548. The Morgan fingerprint density at radius 2 is 1.18 bits per heavy atom. The Balaban J connectivity index is 1.51. The van der Waals surface area contributed by atoms with Crippen molar-refractivity contribution in [1.82, 2.24) is 5.32 Å². The number of ether oxygens (including phenoxy) is 6. The second-order valence-electron chi connectivity index (χ2n) is 15.3. The number of benzene rings is 3. The molecule has 3 aromatic carbocycles. The predicted molar refractivity (Wildman–Crippen MR) is 221 cm³/mol. The number of nitrogens with one attached hydrogen (secondary N) is 1. The summed E-state index contributed by atoms with van der Waals surface area (Å²) < 4.78 is 43.8. The Morgan fingerprint density at radius 3 is 1.69 bits per heavy atom. The number of amides is 1. The lowest BCUT2D eigenvalue weighted by molar-refractivity contribution is -0.326. The average molecular weight is 839 g/mol. The zero-order valence-electron chi connectivity index (χ0n) is 32.7. The monoisotopic (exact) mass is 837 g/mol. The van der Waals surface area contributed by atoms with Crippen molar-refractivity contribution < 1.29 is 37.6 Å². The Morgan fingerprint density at radius 1 is 0.691 bits per heavy atom. The van der Waals surface area contributed by atoms with Crippen molar-refractivity contribution in [3.8, 4) is 0 Å². The summed E-state index contributed by atoms with van der Waals surface area (Å²) in [5.74, 6) is 0. The number of hydrogen-bond acceptors (Lipinski definition) is 8. The number of carbonyl (C=O) groups excluding carboxylic acids is 1. The van der Waals surface area contributed by atoms with Crippen LogP contribution in [0.2, 0.25) is 18.1 Å². The van der Waals surface area contributed by atoms with E-state index in [9.17, 15) is 4.79 Å². The van der Waals surface area contributed by atoms with Gasteiger partial charge in [0.1, 0.15) is 31.0 Å². The van der Waals surface area contributed by atoms with E-state index in [1.165, 1.54) is 0 Å². The summed E-state index contributed by atoms with van der Waals surface area (Å²) in [7, 11) is -2.16. The van der Waals surface area contributed by atoms with Gasteiger partial charge in [0, 0.05) is 13.2 Å². The highest BCUT2D eigenvalue weighted by Gasteiger charge is 2.50. The van der Waals surface area contributed by atoms with Gasteiger partial charge in [-0.05, 0) is 47.7 Å². The summed E-state index contributed by atoms with van der Waals surface area (Å²) in [5, 5.41) is 2.68. The first-order chi connectivity index (χ1) is 26.2.